The molecule has 104 valence electrons. The Hall–Kier alpha value is -1.63. The summed E-state index contributed by atoms with van der Waals surface area (Å²) in [5.74, 6) is -0.711. The van der Waals surface area contributed by atoms with Gasteiger partial charge < -0.3 is 10.1 Å². The maximum Gasteiger partial charge on any atom is 0.258 e. The summed E-state index contributed by atoms with van der Waals surface area (Å²) in [7, 11) is 1.45. The number of amides is 1. The predicted molar refractivity (Wildman–Crippen MR) is 84.8 cm³/mol. The molecule has 0 radical (unpaired) electrons. The van der Waals surface area contributed by atoms with Gasteiger partial charge in [-0.2, -0.15) is 0 Å². The molecule has 0 aliphatic carbocycles. The SMILES string of the molecule is COc1ccc(C(=O)Nc2ccc(C)c(I)c2)c(F)c1. The smallest absolute Gasteiger partial charge is 0.258 e. The highest BCUT2D eigenvalue weighted by Gasteiger charge is 2.13. The molecule has 0 aliphatic rings. The molecule has 5 heteroatoms. The number of rotatable bonds is 3. The number of carbonyl (C=O) groups is 1. The molecule has 2 aromatic rings. The van der Waals surface area contributed by atoms with Gasteiger partial charge in [-0.3, -0.25) is 4.79 Å². The Morgan fingerprint density at radius 3 is 2.60 bits per heavy atom. The van der Waals surface area contributed by atoms with Crippen LogP contribution in [0.15, 0.2) is 36.4 Å². The van der Waals surface area contributed by atoms with Crippen LogP contribution in [0.2, 0.25) is 0 Å². The summed E-state index contributed by atoms with van der Waals surface area (Å²) in [6.45, 7) is 1.98. The van der Waals surface area contributed by atoms with Gasteiger partial charge in [-0.05, 0) is 59.3 Å². The normalized spacial score (nSPS) is 10.2. The van der Waals surface area contributed by atoms with Crippen LogP contribution in [0.5, 0.6) is 5.75 Å². The Bertz CT molecular complexity index is 658. The minimum atomic E-state index is -0.608. The van der Waals surface area contributed by atoms with Crippen LogP contribution < -0.4 is 10.1 Å². The van der Waals surface area contributed by atoms with E-state index in [9.17, 15) is 9.18 Å². The third-order valence-electron chi connectivity index (χ3n) is 2.85. The van der Waals surface area contributed by atoms with Gasteiger partial charge in [0.05, 0.1) is 12.7 Å². The van der Waals surface area contributed by atoms with Crippen molar-refractivity contribution in [1.82, 2.24) is 0 Å². The molecule has 0 atom stereocenters. The molecule has 20 heavy (non-hydrogen) atoms. The average molecular weight is 385 g/mol. The van der Waals surface area contributed by atoms with E-state index >= 15 is 0 Å². The van der Waals surface area contributed by atoms with Crippen molar-refractivity contribution < 1.29 is 13.9 Å². The first-order valence-electron chi connectivity index (χ1n) is 5.92. The van der Waals surface area contributed by atoms with Crippen LogP contribution in [0, 0.1) is 16.3 Å². The standard InChI is InChI=1S/C15H13FINO2/c1-9-3-4-10(7-14(9)17)18-15(19)12-6-5-11(20-2)8-13(12)16/h3-8H,1-2H3,(H,18,19). The number of ether oxygens (including phenoxy) is 1. The number of benzene rings is 2. The average Bonchev–Trinajstić information content (AvgIpc) is 2.42. The molecule has 0 saturated carbocycles. The zero-order chi connectivity index (χ0) is 14.7. The lowest BCUT2D eigenvalue weighted by Crippen LogP contribution is -2.14. The van der Waals surface area contributed by atoms with Crippen molar-refractivity contribution in [1.29, 1.82) is 0 Å². The molecule has 1 N–H and O–H groups in total. The number of aryl methyl sites for hydroxylation is 1. The largest absolute Gasteiger partial charge is 0.497 e. The first-order chi connectivity index (χ1) is 9.51. The lowest BCUT2D eigenvalue weighted by molar-refractivity contribution is 0.102. The van der Waals surface area contributed by atoms with E-state index in [2.05, 4.69) is 27.9 Å². The fourth-order valence-electron chi connectivity index (χ4n) is 1.68. The van der Waals surface area contributed by atoms with E-state index < -0.39 is 11.7 Å². The van der Waals surface area contributed by atoms with Crippen LogP contribution in [0.25, 0.3) is 0 Å². The van der Waals surface area contributed by atoms with Gasteiger partial charge in [0.25, 0.3) is 5.91 Å². The maximum atomic E-state index is 13.8. The fraction of sp³-hybridized carbons (Fsp3) is 0.133. The van der Waals surface area contributed by atoms with E-state index in [1.54, 1.807) is 12.1 Å². The van der Waals surface area contributed by atoms with Gasteiger partial charge in [0.1, 0.15) is 11.6 Å². The predicted octanol–water partition coefficient (Wildman–Crippen LogP) is 4.00. The van der Waals surface area contributed by atoms with Crippen molar-refractivity contribution in [2.45, 2.75) is 6.92 Å². The molecule has 0 aromatic heterocycles. The van der Waals surface area contributed by atoms with Gasteiger partial charge in [-0.25, -0.2) is 4.39 Å². The number of anilines is 1. The minimum Gasteiger partial charge on any atom is -0.497 e. The number of hydrogen-bond acceptors (Lipinski definition) is 2. The Morgan fingerprint density at radius 2 is 2.00 bits per heavy atom. The topological polar surface area (TPSA) is 38.3 Å². The summed E-state index contributed by atoms with van der Waals surface area (Å²) in [6.07, 6.45) is 0. The maximum absolute atomic E-state index is 13.8. The van der Waals surface area contributed by atoms with E-state index in [4.69, 9.17) is 4.74 Å². The van der Waals surface area contributed by atoms with Crippen LogP contribution in [0.4, 0.5) is 10.1 Å². The molecule has 2 rings (SSSR count). The molecule has 0 aliphatic heterocycles. The van der Waals surface area contributed by atoms with Crippen molar-refractivity contribution in [3.05, 3.63) is 56.9 Å². The molecule has 1 amide bonds. The number of halogens is 2. The first kappa shape index (κ1) is 14.8. The number of hydrogen-bond donors (Lipinski definition) is 1. The highest BCUT2D eigenvalue weighted by molar-refractivity contribution is 14.1. The highest BCUT2D eigenvalue weighted by atomic mass is 127. The van der Waals surface area contributed by atoms with Gasteiger partial charge in [-0.15, -0.1) is 0 Å². The fourth-order valence-corrected chi connectivity index (χ4v) is 2.19. The van der Waals surface area contributed by atoms with Crippen molar-refractivity contribution in [2.24, 2.45) is 0 Å². The Kier molecular flexibility index (Phi) is 4.59. The van der Waals surface area contributed by atoms with Crippen molar-refractivity contribution >= 4 is 34.2 Å². The summed E-state index contributed by atoms with van der Waals surface area (Å²) in [6, 6.07) is 9.68. The van der Waals surface area contributed by atoms with Gasteiger partial charge in [0.15, 0.2) is 0 Å². The van der Waals surface area contributed by atoms with E-state index in [1.807, 2.05) is 19.1 Å². The summed E-state index contributed by atoms with van der Waals surface area (Å²) >= 11 is 2.19. The third-order valence-corrected chi connectivity index (χ3v) is 4.01. The molecule has 0 fully saturated rings. The van der Waals surface area contributed by atoms with E-state index in [0.717, 1.165) is 9.13 Å². The van der Waals surface area contributed by atoms with Crippen LogP contribution in [-0.2, 0) is 0 Å². The lowest BCUT2D eigenvalue weighted by Gasteiger charge is -2.08. The van der Waals surface area contributed by atoms with E-state index in [0.29, 0.717) is 11.4 Å². The molecule has 0 unspecified atom stereocenters. The van der Waals surface area contributed by atoms with Crippen molar-refractivity contribution in [3.63, 3.8) is 0 Å². The van der Waals surface area contributed by atoms with E-state index in [1.165, 1.54) is 19.2 Å². The Balaban J connectivity index is 2.21. The third kappa shape index (κ3) is 3.27. The second-order valence-corrected chi connectivity index (χ2v) is 5.43. The number of nitrogens with one attached hydrogen (secondary N) is 1. The summed E-state index contributed by atoms with van der Waals surface area (Å²) < 4.78 is 19.7. The quantitative estimate of drug-likeness (QED) is 0.812. The molecule has 0 heterocycles. The molecule has 0 spiro atoms. The van der Waals surface area contributed by atoms with Crippen LogP contribution in [0.1, 0.15) is 15.9 Å². The monoisotopic (exact) mass is 385 g/mol. The van der Waals surface area contributed by atoms with Crippen molar-refractivity contribution in [3.8, 4) is 5.75 Å². The second kappa shape index (κ2) is 6.21. The van der Waals surface area contributed by atoms with Crippen LogP contribution >= 0.6 is 22.6 Å². The zero-order valence-corrected chi connectivity index (χ0v) is 13.2. The highest BCUT2D eigenvalue weighted by Crippen LogP contribution is 2.20. The van der Waals surface area contributed by atoms with E-state index in [-0.39, 0.29) is 5.56 Å². The zero-order valence-electron chi connectivity index (χ0n) is 11.0. The first-order valence-corrected chi connectivity index (χ1v) is 7.00. The molecule has 2 aromatic carbocycles. The van der Waals surface area contributed by atoms with Gasteiger partial charge in [0, 0.05) is 15.3 Å². The second-order valence-electron chi connectivity index (χ2n) is 4.26. The lowest BCUT2D eigenvalue weighted by atomic mass is 10.1. The van der Waals surface area contributed by atoms with Gasteiger partial charge >= 0.3 is 0 Å². The number of methoxy groups -OCH3 is 1. The van der Waals surface area contributed by atoms with Crippen LogP contribution in [-0.4, -0.2) is 13.0 Å². The molecular formula is C15H13FINO2. The molecular weight excluding hydrogens is 372 g/mol. The summed E-state index contributed by atoms with van der Waals surface area (Å²) in [5.41, 5.74) is 1.75. The van der Waals surface area contributed by atoms with Crippen molar-refractivity contribution in [2.75, 3.05) is 12.4 Å². The van der Waals surface area contributed by atoms with Gasteiger partial charge in [0.2, 0.25) is 0 Å². The summed E-state index contributed by atoms with van der Waals surface area (Å²) in [5, 5.41) is 2.68. The Labute approximate surface area is 130 Å². The van der Waals surface area contributed by atoms with Crippen LogP contribution in [0.3, 0.4) is 0 Å². The Morgan fingerprint density at radius 1 is 1.25 bits per heavy atom. The molecule has 3 nitrogen and oxygen atoms in total. The number of carbonyl (C=O) groups excluding carboxylic acids is 1. The molecule has 0 saturated heterocycles. The minimum absolute atomic E-state index is 0.0126. The van der Waals surface area contributed by atoms with Gasteiger partial charge in [-0.1, -0.05) is 6.07 Å². The summed E-state index contributed by atoms with van der Waals surface area (Å²) in [4.78, 5) is 12.0. The molecule has 0 bridgehead atoms.